The zero-order valence-corrected chi connectivity index (χ0v) is 15.3. The Morgan fingerprint density at radius 2 is 2.00 bits per heavy atom. The molecule has 1 amide bonds. The number of rotatable bonds is 7. The van der Waals surface area contributed by atoms with E-state index in [-0.39, 0.29) is 30.5 Å². The zero-order valence-electron chi connectivity index (χ0n) is 15.3. The highest BCUT2D eigenvalue weighted by molar-refractivity contribution is 5.77. The van der Waals surface area contributed by atoms with Gasteiger partial charge in [-0.15, -0.1) is 0 Å². The van der Waals surface area contributed by atoms with Gasteiger partial charge >= 0.3 is 5.69 Å². The summed E-state index contributed by atoms with van der Waals surface area (Å²) >= 11 is 0. The van der Waals surface area contributed by atoms with Crippen LogP contribution >= 0.6 is 0 Å². The molecule has 0 bridgehead atoms. The SMILES string of the molecule is CC(C)n1c(CCNC(=O)CCc2n[nH]c(=O)[nH]c2=O)nc2ccccc21. The summed E-state index contributed by atoms with van der Waals surface area (Å²) in [6.07, 6.45) is 0.876. The topological polar surface area (TPSA) is 126 Å². The molecule has 9 nitrogen and oxygen atoms in total. The van der Waals surface area contributed by atoms with Gasteiger partial charge in [-0.05, 0) is 26.0 Å². The highest BCUT2D eigenvalue weighted by Crippen LogP contribution is 2.20. The molecule has 142 valence electrons. The summed E-state index contributed by atoms with van der Waals surface area (Å²) in [5, 5.41) is 8.65. The molecule has 0 saturated heterocycles. The van der Waals surface area contributed by atoms with Crippen LogP contribution in [0.4, 0.5) is 0 Å². The molecule has 0 atom stereocenters. The van der Waals surface area contributed by atoms with Crippen molar-refractivity contribution in [3.8, 4) is 0 Å². The lowest BCUT2D eigenvalue weighted by Gasteiger charge is -2.13. The Bertz CT molecular complexity index is 1060. The number of aromatic nitrogens is 5. The van der Waals surface area contributed by atoms with Gasteiger partial charge in [0.25, 0.3) is 5.56 Å². The number of imidazole rings is 1. The van der Waals surface area contributed by atoms with Crippen LogP contribution in [-0.2, 0) is 17.6 Å². The van der Waals surface area contributed by atoms with Gasteiger partial charge in [-0.3, -0.25) is 14.6 Å². The molecule has 0 aliphatic rings. The molecular weight excluding hydrogens is 348 g/mol. The van der Waals surface area contributed by atoms with Gasteiger partial charge < -0.3 is 9.88 Å². The van der Waals surface area contributed by atoms with Crippen molar-refractivity contribution in [3.05, 3.63) is 56.6 Å². The molecule has 2 heterocycles. The Kier molecular flexibility index (Phi) is 5.49. The average Bonchev–Trinajstić information content (AvgIpc) is 2.99. The van der Waals surface area contributed by atoms with E-state index in [1.165, 1.54) is 0 Å². The van der Waals surface area contributed by atoms with Crippen molar-refractivity contribution < 1.29 is 4.79 Å². The number of nitrogens with zero attached hydrogens (tertiary/aromatic N) is 3. The van der Waals surface area contributed by atoms with Crippen LogP contribution in [0.5, 0.6) is 0 Å². The van der Waals surface area contributed by atoms with Crippen LogP contribution in [0.3, 0.4) is 0 Å². The molecule has 3 rings (SSSR count). The summed E-state index contributed by atoms with van der Waals surface area (Å²) in [4.78, 5) is 41.3. The Balaban J connectivity index is 1.57. The predicted molar refractivity (Wildman–Crippen MR) is 101 cm³/mol. The summed E-state index contributed by atoms with van der Waals surface area (Å²) in [6, 6.07) is 8.23. The van der Waals surface area contributed by atoms with Crippen LogP contribution in [0.2, 0.25) is 0 Å². The standard InChI is InChI=1S/C18H22N6O3/c1-11(2)24-14-6-4-3-5-12(14)20-15(24)9-10-19-16(25)8-7-13-17(26)21-18(27)23-22-13/h3-6,11H,7-10H2,1-2H3,(H,19,25)(H2,21,23,26,27). The van der Waals surface area contributed by atoms with Crippen LogP contribution in [0.1, 0.15) is 37.8 Å². The molecule has 0 saturated carbocycles. The van der Waals surface area contributed by atoms with E-state index in [2.05, 4.69) is 43.9 Å². The smallest absolute Gasteiger partial charge is 0.342 e. The van der Waals surface area contributed by atoms with E-state index >= 15 is 0 Å². The minimum Gasteiger partial charge on any atom is -0.356 e. The van der Waals surface area contributed by atoms with Crippen LogP contribution in [0, 0.1) is 0 Å². The summed E-state index contributed by atoms with van der Waals surface area (Å²) in [6.45, 7) is 4.65. The van der Waals surface area contributed by atoms with Crippen molar-refractivity contribution in [2.45, 2.75) is 39.2 Å². The number of hydrogen-bond donors (Lipinski definition) is 3. The first-order valence-corrected chi connectivity index (χ1v) is 8.86. The molecule has 0 unspecified atom stereocenters. The second-order valence-corrected chi connectivity index (χ2v) is 6.53. The van der Waals surface area contributed by atoms with E-state index < -0.39 is 11.2 Å². The number of benzene rings is 1. The van der Waals surface area contributed by atoms with Gasteiger partial charge in [0.05, 0.1) is 11.0 Å². The van der Waals surface area contributed by atoms with Crippen LogP contribution < -0.4 is 16.6 Å². The first kappa shape index (κ1) is 18.6. The lowest BCUT2D eigenvalue weighted by molar-refractivity contribution is -0.121. The van der Waals surface area contributed by atoms with Crippen molar-refractivity contribution in [2.24, 2.45) is 0 Å². The first-order chi connectivity index (χ1) is 13.0. The number of hydrogen-bond acceptors (Lipinski definition) is 5. The van der Waals surface area contributed by atoms with E-state index in [9.17, 15) is 14.4 Å². The molecule has 3 aromatic rings. The van der Waals surface area contributed by atoms with Gasteiger partial charge in [0.15, 0.2) is 0 Å². The maximum absolute atomic E-state index is 12.0. The van der Waals surface area contributed by atoms with Crippen molar-refractivity contribution >= 4 is 16.9 Å². The van der Waals surface area contributed by atoms with Crippen molar-refractivity contribution in [2.75, 3.05) is 6.54 Å². The minimum atomic E-state index is -0.666. The first-order valence-electron chi connectivity index (χ1n) is 8.86. The van der Waals surface area contributed by atoms with Crippen molar-refractivity contribution in [1.29, 1.82) is 0 Å². The molecule has 1 aromatic carbocycles. The van der Waals surface area contributed by atoms with E-state index in [1.54, 1.807) is 0 Å². The maximum atomic E-state index is 12.0. The quantitative estimate of drug-likeness (QED) is 0.564. The number of H-pyrrole nitrogens is 2. The van der Waals surface area contributed by atoms with Crippen molar-refractivity contribution in [3.63, 3.8) is 0 Å². The highest BCUT2D eigenvalue weighted by atomic mass is 16.2. The number of carbonyl (C=O) groups excluding carboxylic acids is 1. The second kappa shape index (κ2) is 7.98. The van der Waals surface area contributed by atoms with Crippen molar-refractivity contribution in [1.82, 2.24) is 30.0 Å². The summed E-state index contributed by atoms with van der Waals surface area (Å²) < 4.78 is 2.17. The van der Waals surface area contributed by atoms with Crippen LogP contribution in [-0.4, -0.2) is 37.2 Å². The summed E-state index contributed by atoms with van der Waals surface area (Å²) in [5.41, 5.74) is 0.915. The van der Waals surface area contributed by atoms with Gasteiger partial charge in [-0.1, -0.05) is 12.1 Å². The Morgan fingerprint density at radius 3 is 2.74 bits per heavy atom. The van der Waals surface area contributed by atoms with E-state index in [4.69, 9.17) is 0 Å². The monoisotopic (exact) mass is 370 g/mol. The predicted octanol–water partition coefficient (Wildman–Crippen LogP) is 0.680. The molecule has 9 heteroatoms. The number of nitrogens with one attached hydrogen (secondary N) is 3. The van der Waals surface area contributed by atoms with Gasteiger partial charge in [-0.2, -0.15) is 5.10 Å². The molecule has 2 aromatic heterocycles. The van der Waals surface area contributed by atoms with Crippen LogP contribution in [0.25, 0.3) is 11.0 Å². The third kappa shape index (κ3) is 4.30. The van der Waals surface area contributed by atoms with Gasteiger partial charge in [0.2, 0.25) is 5.91 Å². The molecular formula is C18H22N6O3. The number of fused-ring (bicyclic) bond motifs is 1. The number of para-hydroxylation sites is 2. The minimum absolute atomic E-state index is 0.114. The average molecular weight is 370 g/mol. The Morgan fingerprint density at radius 1 is 1.22 bits per heavy atom. The van der Waals surface area contributed by atoms with E-state index in [0.717, 1.165) is 16.9 Å². The maximum Gasteiger partial charge on any atom is 0.342 e. The fourth-order valence-electron chi connectivity index (χ4n) is 3.02. The summed E-state index contributed by atoms with van der Waals surface area (Å²) in [7, 11) is 0. The zero-order chi connectivity index (χ0) is 19.4. The number of carbonyl (C=O) groups is 1. The third-order valence-electron chi connectivity index (χ3n) is 4.23. The largest absolute Gasteiger partial charge is 0.356 e. The van der Waals surface area contributed by atoms with Gasteiger partial charge in [-0.25, -0.2) is 14.9 Å². The molecule has 27 heavy (non-hydrogen) atoms. The Hall–Kier alpha value is -3.23. The lowest BCUT2D eigenvalue weighted by atomic mass is 10.2. The fourth-order valence-corrected chi connectivity index (χ4v) is 3.02. The molecule has 3 N–H and O–H groups in total. The number of aryl methyl sites for hydroxylation is 1. The molecule has 0 fully saturated rings. The van der Waals surface area contributed by atoms with E-state index in [1.807, 2.05) is 24.3 Å². The molecule has 0 radical (unpaired) electrons. The molecule has 0 spiro atoms. The lowest BCUT2D eigenvalue weighted by Crippen LogP contribution is -2.30. The number of amides is 1. The number of aromatic amines is 2. The third-order valence-corrected chi connectivity index (χ3v) is 4.23. The fraction of sp³-hybridized carbons (Fsp3) is 0.389. The highest BCUT2D eigenvalue weighted by Gasteiger charge is 2.13. The molecule has 0 aliphatic carbocycles. The van der Waals surface area contributed by atoms with Crippen LogP contribution in [0.15, 0.2) is 33.9 Å². The summed E-state index contributed by atoms with van der Waals surface area (Å²) in [5.74, 6) is 0.736. The van der Waals surface area contributed by atoms with Gasteiger partial charge in [0.1, 0.15) is 11.5 Å². The van der Waals surface area contributed by atoms with Gasteiger partial charge in [0, 0.05) is 31.8 Å². The van der Waals surface area contributed by atoms with E-state index in [0.29, 0.717) is 13.0 Å². The Labute approximate surface area is 154 Å². The normalized spacial score (nSPS) is 11.2. The second-order valence-electron chi connectivity index (χ2n) is 6.53. The molecule has 0 aliphatic heterocycles.